The molecule has 0 fully saturated rings. The number of benzene rings is 3. The highest BCUT2D eigenvalue weighted by Crippen LogP contribution is 2.33. The molecule has 4 rings (SSSR count). The standard InChI is InChI=1S/C25H16Cl2F3N3O3/c1-13-8-9-14(22(34)31-17-6-2-4-15(11-17)25(28,29)30)10-19(13)32-21-20(27)23(35)33(24(21)36)18-7-3-5-16(26)12-18/h2-12,32H,1H3,(H,31,34). The fourth-order valence-corrected chi connectivity index (χ4v) is 3.87. The summed E-state index contributed by atoms with van der Waals surface area (Å²) in [6.07, 6.45) is -4.56. The van der Waals surface area contributed by atoms with Crippen LogP contribution < -0.4 is 15.5 Å². The first-order chi connectivity index (χ1) is 17.0. The molecule has 2 N–H and O–H groups in total. The molecule has 1 aliphatic rings. The van der Waals surface area contributed by atoms with Crippen LogP contribution in [0.15, 0.2) is 77.5 Å². The Balaban J connectivity index is 1.57. The van der Waals surface area contributed by atoms with Crippen LogP contribution in [0.2, 0.25) is 5.02 Å². The number of nitrogens with zero attached hydrogens (tertiary/aromatic N) is 1. The van der Waals surface area contributed by atoms with Gasteiger partial charge in [0, 0.05) is 22.0 Å². The van der Waals surface area contributed by atoms with Gasteiger partial charge in [-0.05, 0) is 61.0 Å². The van der Waals surface area contributed by atoms with Gasteiger partial charge >= 0.3 is 6.18 Å². The van der Waals surface area contributed by atoms with Crippen molar-refractivity contribution in [2.75, 3.05) is 15.5 Å². The lowest BCUT2D eigenvalue weighted by atomic mass is 10.1. The number of imide groups is 1. The molecule has 6 nitrogen and oxygen atoms in total. The van der Waals surface area contributed by atoms with Gasteiger partial charge in [0.1, 0.15) is 10.7 Å². The molecule has 0 bridgehead atoms. The lowest BCUT2D eigenvalue weighted by molar-refractivity contribution is -0.137. The van der Waals surface area contributed by atoms with Gasteiger partial charge in [-0.3, -0.25) is 14.4 Å². The minimum absolute atomic E-state index is 0.0376. The van der Waals surface area contributed by atoms with Gasteiger partial charge < -0.3 is 10.6 Å². The van der Waals surface area contributed by atoms with Crippen molar-refractivity contribution >= 4 is 58.0 Å². The molecule has 0 atom stereocenters. The summed E-state index contributed by atoms with van der Waals surface area (Å²) in [5, 5.41) is 5.21. The third-order valence-electron chi connectivity index (χ3n) is 5.30. The number of carbonyl (C=O) groups is 3. The molecule has 0 saturated carbocycles. The van der Waals surface area contributed by atoms with E-state index < -0.39 is 29.5 Å². The maximum absolute atomic E-state index is 13.0. The van der Waals surface area contributed by atoms with Crippen molar-refractivity contribution in [3.63, 3.8) is 0 Å². The van der Waals surface area contributed by atoms with Gasteiger partial charge in [-0.25, -0.2) is 4.90 Å². The van der Waals surface area contributed by atoms with Crippen molar-refractivity contribution in [1.29, 1.82) is 0 Å². The largest absolute Gasteiger partial charge is 0.416 e. The van der Waals surface area contributed by atoms with Crippen LogP contribution >= 0.6 is 23.2 Å². The average Bonchev–Trinajstić information content (AvgIpc) is 3.03. The lowest BCUT2D eigenvalue weighted by Gasteiger charge is -2.16. The minimum Gasteiger partial charge on any atom is -0.349 e. The number of aryl methyl sites for hydroxylation is 1. The molecule has 184 valence electrons. The topological polar surface area (TPSA) is 78.5 Å². The van der Waals surface area contributed by atoms with Gasteiger partial charge in [0.05, 0.1) is 11.3 Å². The zero-order valence-electron chi connectivity index (χ0n) is 18.4. The van der Waals surface area contributed by atoms with Crippen LogP contribution in [-0.4, -0.2) is 17.7 Å². The summed E-state index contributed by atoms with van der Waals surface area (Å²) in [5.41, 5.74) is 0.114. The van der Waals surface area contributed by atoms with E-state index >= 15 is 0 Å². The first-order valence-electron chi connectivity index (χ1n) is 10.4. The molecule has 1 heterocycles. The highest BCUT2D eigenvalue weighted by Gasteiger charge is 2.39. The molecule has 3 aromatic carbocycles. The molecule has 1 aliphatic heterocycles. The number of rotatable bonds is 5. The van der Waals surface area contributed by atoms with E-state index in [1.54, 1.807) is 25.1 Å². The van der Waals surface area contributed by atoms with E-state index in [0.29, 0.717) is 16.3 Å². The Morgan fingerprint density at radius 3 is 2.33 bits per heavy atom. The zero-order valence-corrected chi connectivity index (χ0v) is 19.9. The Morgan fingerprint density at radius 1 is 0.917 bits per heavy atom. The smallest absolute Gasteiger partial charge is 0.349 e. The molecule has 0 aliphatic carbocycles. The molecule has 3 aromatic rings. The van der Waals surface area contributed by atoms with E-state index in [9.17, 15) is 27.6 Å². The summed E-state index contributed by atoms with van der Waals surface area (Å²) in [7, 11) is 0. The second kappa shape index (κ2) is 9.67. The number of amides is 3. The maximum atomic E-state index is 13.0. The fraction of sp³-hybridized carbons (Fsp3) is 0.0800. The van der Waals surface area contributed by atoms with Crippen LogP contribution in [0.25, 0.3) is 0 Å². The summed E-state index contributed by atoms with van der Waals surface area (Å²) >= 11 is 12.1. The van der Waals surface area contributed by atoms with Gasteiger partial charge in [-0.15, -0.1) is 0 Å². The molecule has 0 saturated heterocycles. The SMILES string of the molecule is Cc1ccc(C(=O)Nc2cccc(C(F)(F)F)c2)cc1NC1=C(Cl)C(=O)N(c2cccc(Cl)c2)C1=O. The number of alkyl halides is 3. The zero-order chi connectivity index (χ0) is 26.2. The van der Waals surface area contributed by atoms with Crippen LogP contribution in [-0.2, 0) is 15.8 Å². The molecule has 0 aromatic heterocycles. The minimum atomic E-state index is -4.56. The van der Waals surface area contributed by atoms with Gasteiger partial charge in [0.25, 0.3) is 17.7 Å². The third kappa shape index (κ3) is 5.07. The summed E-state index contributed by atoms with van der Waals surface area (Å²) in [6, 6.07) is 14.8. The molecule has 11 heteroatoms. The average molecular weight is 534 g/mol. The number of carbonyl (C=O) groups excluding carboxylic acids is 3. The van der Waals surface area contributed by atoms with Crippen molar-refractivity contribution in [2.24, 2.45) is 0 Å². The summed E-state index contributed by atoms with van der Waals surface area (Å²) in [5.74, 6) is -2.14. The number of nitrogens with one attached hydrogen (secondary N) is 2. The van der Waals surface area contributed by atoms with Crippen molar-refractivity contribution in [3.05, 3.63) is 99.2 Å². The van der Waals surface area contributed by atoms with Gasteiger partial charge in [0.15, 0.2) is 0 Å². The van der Waals surface area contributed by atoms with E-state index in [1.807, 2.05) is 0 Å². The van der Waals surface area contributed by atoms with E-state index in [0.717, 1.165) is 17.0 Å². The highest BCUT2D eigenvalue weighted by molar-refractivity contribution is 6.53. The van der Waals surface area contributed by atoms with Crippen molar-refractivity contribution in [1.82, 2.24) is 0 Å². The van der Waals surface area contributed by atoms with Crippen LogP contribution in [0.4, 0.5) is 30.2 Å². The molecule has 0 unspecified atom stereocenters. The Hall–Kier alpha value is -3.82. The molecular weight excluding hydrogens is 518 g/mol. The molecule has 36 heavy (non-hydrogen) atoms. The molecular formula is C25H16Cl2F3N3O3. The van der Waals surface area contributed by atoms with Crippen LogP contribution in [0.5, 0.6) is 0 Å². The monoisotopic (exact) mass is 533 g/mol. The van der Waals surface area contributed by atoms with E-state index in [1.165, 1.54) is 36.4 Å². The number of hydrogen-bond donors (Lipinski definition) is 2. The second-order valence-corrected chi connectivity index (χ2v) is 8.62. The Bertz CT molecular complexity index is 1440. The van der Waals surface area contributed by atoms with E-state index in [4.69, 9.17) is 23.2 Å². The van der Waals surface area contributed by atoms with Crippen molar-refractivity contribution in [3.8, 4) is 0 Å². The number of anilines is 3. The Morgan fingerprint density at radius 2 is 1.64 bits per heavy atom. The van der Waals surface area contributed by atoms with Gasteiger partial charge in [-0.2, -0.15) is 13.2 Å². The summed E-state index contributed by atoms with van der Waals surface area (Å²) < 4.78 is 38.9. The maximum Gasteiger partial charge on any atom is 0.416 e. The summed E-state index contributed by atoms with van der Waals surface area (Å²) in [4.78, 5) is 39.3. The Labute approximate surface area is 213 Å². The normalized spacial score (nSPS) is 13.9. The van der Waals surface area contributed by atoms with E-state index in [-0.39, 0.29) is 27.7 Å². The molecule has 0 spiro atoms. The fourth-order valence-electron chi connectivity index (χ4n) is 3.47. The van der Waals surface area contributed by atoms with Gasteiger partial charge in [0.2, 0.25) is 0 Å². The Kier molecular flexibility index (Phi) is 6.79. The number of hydrogen-bond acceptors (Lipinski definition) is 4. The number of halogens is 5. The van der Waals surface area contributed by atoms with Crippen LogP contribution in [0.1, 0.15) is 21.5 Å². The van der Waals surface area contributed by atoms with E-state index in [2.05, 4.69) is 10.6 Å². The lowest BCUT2D eigenvalue weighted by Crippen LogP contribution is -2.32. The van der Waals surface area contributed by atoms with Crippen molar-refractivity contribution in [2.45, 2.75) is 13.1 Å². The highest BCUT2D eigenvalue weighted by atomic mass is 35.5. The second-order valence-electron chi connectivity index (χ2n) is 7.80. The van der Waals surface area contributed by atoms with Crippen LogP contribution in [0.3, 0.4) is 0 Å². The third-order valence-corrected chi connectivity index (χ3v) is 5.89. The first kappa shape index (κ1) is 25.3. The quantitative estimate of drug-likeness (QED) is 0.374. The van der Waals surface area contributed by atoms with Crippen LogP contribution in [0, 0.1) is 6.92 Å². The molecule has 0 radical (unpaired) electrons. The van der Waals surface area contributed by atoms with Crippen molar-refractivity contribution < 1.29 is 27.6 Å². The summed E-state index contributed by atoms with van der Waals surface area (Å²) in [6.45, 7) is 1.70. The molecule has 3 amide bonds. The predicted molar refractivity (Wildman–Crippen MR) is 131 cm³/mol. The van der Waals surface area contributed by atoms with Gasteiger partial charge in [-0.1, -0.05) is 41.4 Å². The predicted octanol–water partition coefficient (Wildman–Crippen LogP) is 6.36. The first-order valence-corrected chi connectivity index (χ1v) is 11.1.